The molecule has 0 unspecified atom stereocenters. The maximum absolute atomic E-state index is 11.1. The number of amides is 2. The minimum Gasteiger partial charge on any atom is -0.434 e. The van der Waals surface area contributed by atoms with E-state index in [1.54, 1.807) is 20.8 Å². The van der Waals surface area contributed by atoms with Crippen LogP contribution in [0.4, 0.5) is 4.79 Å². The Bertz CT molecular complexity index is 237. The highest BCUT2D eigenvalue weighted by Gasteiger charge is 2.24. The molecule has 0 aliphatic rings. The SMILES string of the molecule is CC(C)(C)OC[C@@H](OC(N)=O)C(=O)NN. The van der Waals surface area contributed by atoms with Crippen LogP contribution in [0.1, 0.15) is 20.8 Å². The van der Waals surface area contributed by atoms with Gasteiger partial charge in [-0.15, -0.1) is 0 Å². The molecule has 0 fully saturated rings. The molecule has 0 spiro atoms. The van der Waals surface area contributed by atoms with Crippen LogP contribution in [0, 0.1) is 0 Å². The molecule has 15 heavy (non-hydrogen) atoms. The molecule has 7 heteroatoms. The number of hydrazine groups is 1. The Morgan fingerprint density at radius 1 is 1.40 bits per heavy atom. The normalized spacial score (nSPS) is 13.1. The minimum absolute atomic E-state index is 0.102. The summed E-state index contributed by atoms with van der Waals surface area (Å²) in [6, 6.07) is 0. The van der Waals surface area contributed by atoms with E-state index in [9.17, 15) is 9.59 Å². The standard InChI is InChI=1S/C8H17N3O4/c1-8(2,3)14-4-5(6(12)11-10)15-7(9)13/h5H,4,10H2,1-3H3,(H2,9,13)(H,11,12)/t5-/m1/s1. The molecule has 0 saturated carbocycles. The van der Waals surface area contributed by atoms with Crippen molar-refractivity contribution in [1.29, 1.82) is 0 Å². The second kappa shape index (κ2) is 5.52. The molecule has 0 aliphatic heterocycles. The van der Waals surface area contributed by atoms with Crippen molar-refractivity contribution in [3.8, 4) is 0 Å². The highest BCUT2D eigenvalue weighted by Crippen LogP contribution is 2.08. The molecule has 2 amide bonds. The maximum Gasteiger partial charge on any atom is 0.405 e. The van der Waals surface area contributed by atoms with E-state index in [1.807, 2.05) is 5.43 Å². The molecule has 88 valence electrons. The smallest absolute Gasteiger partial charge is 0.405 e. The summed E-state index contributed by atoms with van der Waals surface area (Å²) in [7, 11) is 0. The summed E-state index contributed by atoms with van der Waals surface area (Å²) in [6.45, 7) is 5.30. The molecule has 0 radical (unpaired) electrons. The predicted octanol–water partition coefficient (Wildman–Crippen LogP) is -0.745. The van der Waals surface area contributed by atoms with Crippen molar-refractivity contribution >= 4 is 12.0 Å². The van der Waals surface area contributed by atoms with Gasteiger partial charge in [0.15, 0.2) is 0 Å². The van der Waals surface area contributed by atoms with E-state index in [2.05, 4.69) is 4.74 Å². The summed E-state index contributed by atoms with van der Waals surface area (Å²) >= 11 is 0. The first-order chi connectivity index (χ1) is 6.76. The highest BCUT2D eigenvalue weighted by molar-refractivity contribution is 5.82. The molecular formula is C8H17N3O4. The van der Waals surface area contributed by atoms with Gasteiger partial charge in [0, 0.05) is 0 Å². The van der Waals surface area contributed by atoms with Crippen molar-refractivity contribution < 1.29 is 19.1 Å². The van der Waals surface area contributed by atoms with Crippen molar-refractivity contribution in [3.63, 3.8) is 0 Å². The van der Waals surface area contributed by atoms with Crippen LogP contribution in [0.5, 0.6) is 0 Å². The Morgan fingerprint density at radius 3 is 2.27 bits per heavy atom. The van der Waals surface area contributed by atoms with Gasteiger partial charge in [-0.05, 0) is 20.8 Å². The van der Waals surface area contributed by atoms with Gasteiger partial charge in [0.2, 0.25) is 6.10 Å². The van der Waals surface area contributed by atoms with Crippen LogP contribution in [0.25, 0.3) is 0 Å². The van der Waals surface area contributed by atoms with E-state index in [1.165, 1.54) is 0 Å². The van der Waals surface area contributed by atoms with Crippen LogP contribution in [0.2, 0.25) is 0 Å². The second-order valence-corrected chi connectivity index (χ2v) is 3.86. The lowest BCUT2D eigenvalue weighted by molar-refractivity contribution is -0.136. The molecule has 7 nitrogen and oxygen atoms in total. The molecule has 0 aliphatic carbocycles. The molecule has 5 N–H and O–H groups in total. The van der Waals surface area contributed by atoms with E-state index < -0.39 is 23.7 Å². The Morgan fingerprint density at radius 2 is 1.93 bits per heavy atom. The number of hydrogen-bond acceptors (Lipinski definition) is 5. The number of nitrogens with one attached hydrogen (secondary N) is 1. The topological polar surface area (TPSA) is 117 Å². The first-order valence-electron chi connectivity index (χ1n) is 4.37. The molecule has 0 saturated heterocycles. The monoisotopic (exact) mass is 219 g/mol. The van der Waals surface area contributed by atoms with E-state index >= 15 is 0 Å². The summed E-state index contributed by atoms with van der Waals surface area (Å²) < 4.78 is 9.79. The third kappa shape index (κ3) is 6.69. The largest absolute Gasteiger partial charge is 0.434 e. The van der Waals surface area contributed by atoms with Gasteiger partial charge in [0.1, 0.15) is 0 Å². The number of nitrogens with two attached hydrogens (primary N) is 2. The van der Waals surface area contributed by atoms with E-state index in [0.29, 0.717) is 0 Å². The van der Waals surface area contributed by atoms with Gasteiger partial charge < -0.3 is 15.2 Å². The first-order valence-corrected chi connectivity index (χ1v) is 4.37. The highest BCUT2D eigenvalue weighted by atomic mass is 16.6. The third-order valence-electron chi connectivity index (χ3n) is 1.36. The Kier molecular flexibility index (Phi) is 5.03. The summed E-state index contributed by atoms with van der Waals surface area (Å²) in [6.07, 6.45) is -2.19. The lowest BCUT2D eigenvalue weighted by atomic mass is 10.2. The van der Waals surface area contributed by atoms with Gasteiger partial charge in [-0.3, -0.25) is 10.2 Å². The van der Waals surface area contributed by atoms with Gasteiger partial charge >= 0.3 is 6.09 Å². The summed E-state index contributed by atoms with van der Waals surface area (Å²) in [5, 5.41) is 0. The fourth-order valence-corrected chi connectivity index (χ4v) is 0.722. The van der Waals surface area contributed by atoms with Gasteiger partial charge in [-0.25, -0.2) is 10.6 Å². The zero-order valence-electron chi connectivity index (χ0n) is 9.07. The Hall–Kier alpha value is -1.34. The van der Waals surface area contributed by atoms with Gasteiger partial charge in [-0.2, -0.15) is 0 Å². The molecule has 0 aromatic heterocycles. The van der Waals surface area contributed by atoms with Crippen molar-refractivity contribution in [2.45, 2.75) is 32.5 Å². The van der Waals surface area contributed by atoms with Crippen molar-refractivity contribution in [3.05, 3.63) is 0 Å². The molecule has 0 bridgehead atoms. The zero-order valence-corrected chi connectivity index (χ0v) is 9.07. The number of primary amides is 1. The number of rotatable bonds is 4. The van der Waals surface area contributed by atoms with Crippen LogP contribution in [0.3, 0.4) is 0 Å². The molecule has 0 aromatic rings. The first kappa shape index (κ1) is 13.7. The van der Waals surface area contributed by atoms with Crippen LogP contribution >= 0.6 is 0 Å². The lowest BCUT2D eigenvalue weighted by Crippen LogP contribution is -2.45. The lowest BCUT2D eigenvalue weighted by Gasteiger charge is -2.23. The van der Waals surface area contributed by atoms with Crippen molar-refractivity contribution in [2.75, 3.05) is 6.61 Å². The molecule has 0 aromatic carbocycles. The molecule has 0 rings (SSSR count). The number of hydrogen-bond donors (Lipinski definition) is 3. The van der Waals surface area contributed by atoms with Crippen LogP contribution < -0.4 is 17.0 Å². The number of carbonyl (C=O) groups excluding carboxylic acids is 2. The van der Waals surface area contributed by atoms with Crippen LogP contribution in [-0.2, 0) is 14.3 Å². The summed E-state index contributed by atoms with van der Waals surface area (Å²) in [5.74, 6) is 4.23. The van der Waals surface area contributed by atoms with Gasteiger partial charge in [-0.1, -0.05) is 0 Å². The molecule has 0 heterocycles. The quantitative estimate of drug-likeness (QED) is 0.327. The maximum atomic E-state index is 11.1. The van der Waals surface area contributed by atoms with Crippen molar-refractivity contribution in [2.24, 2.45) is 11.6 Å². The average molecular weight is 219 g/mol. The van der Waals surface area contributed by atoms with Crippen LogP contribution in [-0.4, -0.2) is 30.3 Å². The third-order valence-corrected chi connectivity index (χ3v) is 1.36. The zero-order chi connectivity index (χ0) is 12.1. The summed E-state index contributed by atoms with van der Waals surface area (Å²) in [4.78, 5) is 21.6. The van der Waals surface area contributed by atoms with E-state index in [-0.39, 0.29) is 6.61 Å². The number of ether oxygens (including phenoxy) is 2. The predicted molar refractivity (Wildman–Crippen MR) is 52.5 cm³/mol. The van der Waals surface area contributed by atoms with Crippen LogP contribution in [0.15, 0.2) is 0 Å². The van der Waals surface area contributed by atoms with Gasteiger partial charge in [0.05, 0.1) is 12.2 Å². The summed E-state index contributed by atoms with van der Waals surface area (Å²) in [5.41, 5.74) is 6.19. The fraction of sp³-hybridized carbons (Fsp3) is 0.750. The molecule has 1 atom stereocenters. The fourth-order valence-electron chi connectivity index (χ4n) is 0.722. The van der Waals surface area contributed by atoms with E-state index in [4.69, 9.17) is 16.3 Å². The minimum atomic E-state index is -1.13. The van der Waals surface area contributed by atoms with Crippen molar-refractivity contribution in [1.82, 2.24) is 5.43 Å². The average Bonchev–Trinajstić information content (AvgIpc) is 2.09. The molecular weight excluding hydrogens is 202 g/mol. The Balaban J connectivity index is 4.25. The second-order valence-electron chi connectivity index (χ2n) is 3.86. The van der Waals surface area contributed by atoms with Gasteiger partial charge in [0.25, 0.3) is 5.91 Å². The Labute approximate surface area is 88.0 Å². The van der Waals surface area contributed by atoms with E-state index in [0.717, 1.165) is 0 Å². The number of carbonyl (C=O) groups is 2.